The minimum absolute atomic E-state index is 0.0758. The second-order valence-corrected chi connectivity index (χ2v) is 22.3. The molecule has 4 aliphatic heterocycles. The largest absolute Gasteiger partial charge is 0.411 e. The van der Waals surface area contributed by atoms with Crippen molar-refractivity contribution < 1.29 is 37.4 Å². The smallest absolute Gasteiger partial charge is 0.233 e. The molecule has 0 aromatic heterocycles. The molecule has 434 valence electrons. The number of hydrogen-bond donors (Lipinski definition) is 8. The summed E-state index contributed by atoms with van der Waals surface area (Å²) < 4.78 is 35.5. The first-order valence-corrected chi connectivity index (χ1v) is 29.6. The third-order valence-corrected chi connectivity index (χ3v) is 13.8. The standard InChI is InChI=1S/C12H18N2.C9H18N2O2.C9H20N2O.C8H14N2.C7H14N2O2.C7H14N2O.C2H6O2S/c1-13-12-7-8-14(10-12)9-11-5-3-2-4-6-11;1-10-8-2-4-9(5-3-8)13-7-6-11-12;1-11-8-2-4-9(5-3-8)12-7-6-10;1-3-5-10-6-4-8(7-10)9-2;1-8-7(10)6-9-2-4-11-5-3-9;1-6(10)9-4-3-7(5-9)8-2;1-5(2,3)4/h2-6,12-13H,7-10H2,1H3;6,8-10,12H,2-5,7H2,1H3;8-9,11H,2-7,10H2,1H3;1,8-9H,4-7H2,2H3;2-6H2,1H3,(H,8,10);7-8H,3-5H2,1-2H3;1-2H3/b;11-6+;;;;;. The summed E-state index contributed by atoms with van der Waals surface area (Å²) in [4.78, 5) is 30.5. The first kappa shape index (κ1) is 69.7. The lowest BCUT2D eigenvalue weighted by molar-refractivity contribution is -0.127. The number of amides is 2. The molecule has 6 fully saturated rings. The summed E-state index contributed by atoms with van der Waals surface area (Å²) in [6.07, 6.45) is 22.7. The number of nitrogens with zero attached hydrogens (tertiary/aromatic N) is 5. The molecular weight excluding hydrogens is 977 g/mol. The van der Waals surface area contributed by atoms with Crippen LogP contribution in [-0.4, -0.2) is 247 Å². The summed E-state index contributed by atoms with van der Waals surface area (Å²) in [5, 5.41) is 29.9. The van der Waals surface area contributed by atoms with Crippen molar-refractivity contribution in [2.45, 2.75) is 127 Å². The Hall–Kier alpha value is -3.34. The van der Waals surface area contributed by atoms with E-state index in [0.29, 0.717) is 62.1 Å². The molecule has 0 bridgehead atoms. The van der Waals surface area contributed by atoms with Gasteiger partial charge in [-0.2, -0.15) is 0 Å². The fourth-order valence-electron chi connectivity index (χ4n) is 9.20. The van der Waals surface area contributed by atoms with Crippen molar-refractivity contribution in [3.8, 4) is 12.3 Å². The SMILES string of the molecule is C#CCN1CCC(NC)C1.CNC(=O)CN1CCOCC1.CNC1CCC(OC/C=N/O)CC1.CNC1CCC(OCCN)CC1.CNC1CCN(C(C)=O)C1.CNC1CCN(Cc2ccccc2)C1.CS(C)(=O)=O. The number of terminal acetylenes is 1. The van der Waals surface area contributed by atoms with Crippen molar-refractivity contribution in [1.29, 1.82) is 0 Å². The zero-order valence-corrected chi connectivity index (χ0v) is 48.5. The van der Waals surface area contributed by atoms with Crippen molar-refractivity contribution in [1.82, 2.24) is 51.5 Å². The van der Waals surface area contributed by atoms with Gasteiger partial charge in [-0.25, -0.2) is 8.42 Å². The van der Waals surface area contributed by atoms with E-state index in [9.17, 15) is 18.0 Å². The molecular formula is C54H104N12O8S. The number of likely N-dealkylation sites (N-methyl/N-ethyl adjacent to an activating group) is 4. The molecule has 4 heterocycles. The summed E-state index contributed by atoms with van der Waals surface area (Å²) in [6, 6.07) is 13.9. The summed E-state index contributed by atoms with van der Waals surface area (Å²) in [7, 11) is 9.02. The van der Waals surface area contributed by atoms with Gasteiger partial charge in [0.2, 0.25) is 11.8 Å². The third kappa shape index (κ3) is 36.4. The van der Waals surface area contributed by atoms with Crippen molar-refractivity contribution in [2.75, 3.05) is 153 Å². The van der Waals surface area contributed by atoms with Crippen LogP contribution in [0.5, 0.6) is 0 Å². The molecule has 1 aromatic rings. The molecule has 6 aliphatic rings. The van der Waals surface area contributed by atoms with Gasteiger partial charge in [0.1, 0.15) is 9.84 Å². The summed E-state index contributed by atoms with van der Waals surface area (Å²) in [5.41, 5.74) is 6.78. The molecule has 4 saturated heterocycles. The molecule has 20 nitrogen and oxygen atoms in total. The molecule has 3 unspecified atom stereocenters. The maximum Gasteiger partial charge on any atom is 0.233 e. The van der Waals surface area contributed by atoms with Crippen LogP contribution in [0.25, 0.3) is 0 Å². The number of nitrogens with two attached hydrogens (primary N) is 1. The Morgan fingerprint density at radius 1 is 0.720 bits per heavy atom. The minimum atomic E-state index is -2.67. The number of morpholine rings is 1. The number of sulfone groups is 1. The maximum absolute atomic E-state index is 10.9. The van der Waals surface area contributed by atoms with Gasteiger partial charge in [-0.3, -0.25) is 24.3 Å². The zero-order valence-electron chi connectivity index (χ0n) is 47.7. The van der Waals surface area contributed by atoms with E-state index in [1.54, 1.807) is 14.0 Å². The average Bonchev–Trinajstić information content (AvgIpc) is 4.22. The number of rotatable bonds is 16. The second-order valence-electron chi connectivity index (χ2n) is 20.0. The Morgan fingerprint density at radius 2 is 1.20 bits per heavy atom. The Labute approximate surface area is 454 Å². The molecule has 2 aliphatic carbocycles. The fraction of sp³-hybridized carbons (Fsp3) is 0.796. The molecule has 7 rings (SSSR count). The minimum Gasteiger partial charge on any atom is -0.411 e. The second kappa shape index (κ2) is 43.6. The molecule has 75 heavy (non-hydrogen) atoms. The van der Waals surface area contributed by atoms with Gasteiger partial charge in [0.15, 0.2) is 0 Å². The lowest BCUT2D eigenvalue weighted by Crippen LogP contribution is -2.42. The van der Waals surface area contributed by atoms with Gasteiger partial charge < -0.3 is 62.0 Å². The van der Waals surface area contributed by atoms with Gasteiger partial charge in [0, 0.05) is 122 Å². The van der Waals surface area contributed by atoms with Crippen LogP contribution in [0.4, 0.5) is 0 Å². The van der Waals surface area contributed by atoms with Crippen LogP contribution in [0.15, 0.2) is 35.5 Å². The van der Waals surface area contributed by atoms with E-state index in [-0.39, 0.29) is 11.8 Å². The van der Waals surface area contributed by atoms with E-state index in [1.165, 1.54) is 76.2 Å². The Balaban J connectivity index is 0.000000444. The molecule has 21 heteroatoms. The van der Waals surface area contributed by atoms with Crippen LogP contribution in [0.2, 0.25) is 0 Å². The van der Waals surface area contributed by atoms with Crippen LogP contribution < -0.4 is 37.6 Å². The highest BCUT2D eigenvalue weighted by Crippen LogP contribution is 2.21. The van der Waals surface area contributed by atoms with Gasteiger partial charge in [0.05, 0.1) is 57.9 Å². The molecule has 0 spiro atoms. The molecule has 9 N–H and O–H groups in total. The van der Waals surface area contributed by atoms with Gasteiger partial charge in [-0.15, -0.1) is 6.42 Å². The lowest BCUT2D eigenvalue weighted by Gasteiger charge is -2.28. The van der Waals surface area contributed by atoms with E-state index in [1.807, 2.05) is 33.1 Å². The quantitative estimate of drug-likeness (QED) is 0.0506. The van der Waals surface area contributed by atoms with Crippen LogP contribution in [0, 0.1) is 12.3 Å². The predicted molar refractivity (Wildman–Crippen MR) is 305 cm³/mol. The summed E-state index contributed by atoms with van der Waals surface area (Å²) in [6.45, 7) is 15.5. The molecule has 0 radical (unpaired) electrons. The Bertz CT molecular complexity index is 1740. The van der Waals surface area contributed by atoms with Crippen LogP contribution in [0.1, 0.15) is 83.1 Å². The summed E-state index contributed by atoms with van der Waals surface area (Å²) in [5.74, 6) is 2.92. The maximum atomic E-state index is 10.9. The number of ether oxygens (including phenoxy) is 3. The van der Waals surface area contributed by atoms with E-state index in [0.717, 1.165) is 104 Å². The van der Waals surface area contributed by atoms with Crippen molar-refractivity contribution in [2.24, 2.45) is 10.9 Å². The third-order valence-electron chi connectivity index (χ3n) is 13.8. The normalized spacial score (nSPS) is 24.9. The first-order valence-electron chi connectivity index (χ1n) is 27.3. The van der Waals surface area contributed by atoms with Crippen LogP contribution in [-0.2, 0) is 40.2 Å². The fourth-order valence-corrected chi connectivity index (χ4v) is 9.20. The summed E-state index contributed by atoms with van der Waals surface area (Å²) >= 11 is 0. The number of nitrogens with one attached hydrogen (secondary N) is 6. The van der Waals surface area contributed by atoms with Gasteiger partial charge in [-0.05, 0) is 111 Å². The van der Waals surface area contributed by atoms with Crippen molar-refractivity contribution in [3.05, 3.63) is 35.9 Å². The Kier molecular flexibility index (Phi) is 40.5. The van der Waals surface area contributed by atoms with E-state index >= 15 is 0 Å². The monoisotopic (exact) mass is 1080 g/mol. The van der Waals surface area contributed by atoms with Gasteiger partial charge in [0.25, 0.3) is 0 Å². The van der Waals surface area contributed by atoms with E-state index in [2.05, 4.69) is 95.1 Å². The number of carbonyl (C=O) groups excluding carboxylic acids is 2. The zero-order chi connectivity index (χ0) is 55.7. The topological polar surface area (TPSA) is 240 Å². The molecule has 3 atom stereocenters. The Morgan fingerprint density at radius 3 is 1.63 bits per heavy atom. The first-order chi connectivity index (χ1) is 36.0. The van der Waals surface area contributed by atoms with E-state index < -0.39 is 9.84 Å². The highest BCUT2D eigenvalue weighted by molar-refractivity contribution is 7.89. The highest BCUT2D eigenvalue weighted by atomic mass is 32.2. The van der Waals surface area contributed by atoms with E-state index in [4.69, 9.17) is 31.6 Å². The molecule has 2 saturated carbocycles. The highest BCUT2D eigenvalue weighted by Gasteiger charge is 2.24. The number of hydrogen-bond acceptors (Lipinski definition) is 18. The molecule has 1 aromatic carbocycles. The van der Waals surface area contributed by atoms with Crippen LogP contribution in [0.3, 0.4) is 0 Å². The number of benzene rings is 1. The van der Waals surface area contributed by atoms with Crippen LogP contribution >= 0.6 is 0 Å². The van der Waals surface area contributed by atoms with Crippen molar-refractivity contribution >= 4 is 27.9 Å². The number of likely N-dealkylation sites (tertiary alicyclic amines) is 3. The lowest BCUT2D eigenvalue weighted by atomic mass is 9.93. The predicted octanol–water partition coefficient (Wildman–Crippen LogP) is 1.43. The number of carbonyl (C=O) groups is 2. The molecule has 2 amide bonds. The van der Waals surface area contributed by atoms with Crippen molar-refractivity contribution in [3.63, 3.8) is 0 Å². The number of oxime groups is 1. The average molecular weight is 1080 g/mol. The van der Waals surface area contributed by atoms with Gasteiger partial charge in [-0.1, -0.05) is 41.4 Å². The van der Waals surface area contributed by atoms with Gasteiger partial charge >= 0.3 is 0 Å².